The van der Waals surface area contributed by atoms with Crippen molar-refractivity contribution in [2.75, 3.05) is 16.8 Å². The predicted molar refractivity (Wildman–Crippen MR) is 142 cm³/mol. The number of para-hydroxylation sites is 1. The Hall–Kier alpha value is -3.68. The highest BCUT2D eigenvalue weighted by Crippen LogP contribution is 2.30. The Labute approximate surface area is 212 Å². The van der Waals surface area contributed by atoms with Crippen molar-refractivity contribution in [1.29, 1.82) is 0 Å². The first-order chi connectivity index (χ1) is 17.2. The highest BCUT2D eigenvalue weighted by Gasteiger charge is 2.36. The molecule has 2 N–H and O–H groups in total. The number of urea groups is 1. The van der Waals surface area contributed by atoms with Crippen LogP contribution in [0.2, 0.25) is 0 Å². The lowest BCUT2D eigenvalue weighted by Crippen LogP contribution is -2.55. The number of piperidine rings is 1. The van der Waals surface area contributed by atoms with E-state index in [2.05, 4.69) is 29.5 Å². The number of likely N-dealkylation sites (tertiary alicyclic amines) is 1. The van der Waals surface area contributed by atoms with E-state index in [0.29, 0.717) is 17.1 Å². The molecule has 0 aliphatic carbocycles. The van der Waals surface area contributed by atoms with Crippen LogP contribution in [0.3, 0.4) is 0 Å². The molecular weight excluding hydrogens is 454 g/mol. The Balaban J connectivity index is 1.63. The van der Waals surface area contributed by atoms with Gasteiger partial charge in [0.15, 0.2) is 0 Å². The minimum Gasteiger partial charge on any atom is -0.336 e. The van der Waals surface area contributed by atoms with Crippen molar-refractivity contribution in [2.24, 2.45) is 4.99 Å². The number of benzene rings is 2. The predicted octanol–water partition coefficient (Wildman–Crippen LogP) is 4.40. The van der Waals surface area contributed by atoms with Gasteiger partial charge in [-0.25, -0.2) is 4.79 Å². The molecule has 8 heteroatoms. The summed E-state index contributed by atoms with van der Waals surface area (Å²) in [6.07, 6.45) is 1.83. The second kappa shape index (κ2) is 10.5. The SMILES string of the molecule is CC1=N[C@@H](NC(=O)Nc2cccc(C)c2)C(=O)N(CC(=O)N2C(C)CCCC2C)c2c(C)cccc21. The number of anilines is 2. The van der Waals surface area contributed by atoms with Crippen molar-refractivity contribution in [1.82, 2.24) is 10.2 Å². The van der Waals surface area contributed by atoms with Gasteiger partial charge in [-0.2, -0.15) is 0 Å². The molecule has 0 saturated carbocycles. The van der Waals surface area contributed by atoms with Gasteiger partial charge in [-0.3, -0.25) is 19.5 Å². The summed E-state index contributed by atoms with van der Waals surface area (Å²) in [5.41, 5.74) is 4.56. The van der Waals surface area contributed by atoms with Gasteiger partial charge in [-0.1, -0.05) is 30.3 Å². The second-order valence-corrected chi connectivity index (χ2v) is 9.91. The number of nitrogens with zero attached hydrogens (tertiary/aromatic N) is 3. The van der Waals surface area contributed by atoms with Gasteiger partial charge in [0.2, 0.25) is 12.1 Å². The van der Waals surface area contributed by atoms with Crippen molar-refractivity contribution in [3.63, 3.8) is 0 Å². The van der Waals surface area contributed by atoms with E-state index < -0.39 is 18.1 Å². The average Bonchev–Trinajstić information content (AvgIpc) is 2.90. The number of carbonyl (C=O) groups is 3. The van der Waals surface area contributed by atoms with Crippen LogP contribution in [0, 0.1) is 13.8 Å². The maximum absolute atomic E-state index is 13.8. The molecule has 2 aromatic carbocycles. The Morgan fingerprint density at radius 1 is 1.03 bits per heavy atom. The fourth-order valence-electron chi connectivity index (χ4n) is 5.28. The third-order valence-corrected chi connectivity index (χ3v) is 7.04. The summed E-state index contributed by atoms with van der Waals surface area (Å²) in [5, 5.41) is 5.48. The molecule has 2 unspecified atom stereocenters. The quantitative estimate of drug-likeness (QED) is 0.667. The van der Waals surface area contributed by atoms with E-state index >= 15 is 0 Å². The molecule has 4 amide bonds. The molecule has 1 fully saturated rings. The maximum atomic E-state index is 13.8. The summed E-state index contributed by atoms with van der Waals surface area (Å²) in [6, 6.07) is 12.8. The molecular formula is C28H35N5O3. The zero-order valence-electron chi connectivity index (χ0n) is 21.7. The number of benzodiazepines with no additional fused rings is 1. The van der Waals surface area contributed by atoms with E-state index in [1.807, 2.05) is 62.1 Å². The van der Waals surface area contributed by atoms with Crippen LogP contribution in [0.1, 0.15) is 56.7 Å². The first kappa shape index (κ1) is 25.4. The van der Waals surface area contributed by atoms with E-state index in [1.54, 1.807) is 6.07 Å². The smallest absolute Gasteiger partial charge is 0.321 e. The van der Waals surface area contributed by atoms with Gasteiger partial charge in [0.1, 0.15) is 6.54 Å². The molecule has 0 aromatic heterocycles. The lowest BCUT2D eigenvalue weighted by atomic mass is 9.97. The van der Waals surface area contributed by atoms with Crippen LogP contribution < -0.4 is 15.5 Å². The molecule has 3 atom stereocenters. The summed E-state index contributed by atoms with van der Waals surface area (Å²) in [6.45, 7) is 9.68. The first-order valence-electron chi connectivity index (χ1n) is 12.6. The van der Waals surface area contributed by atoms with Crippen LogP contribution in [-0.4, -0.2) is 53.3 Å². The summed E-state index contributed by atoms with van der Waals surface area (Å²) < 4.78 is 0. The van der Waals surface area contributed by atoms with Crippen molar-refractivity contribution in [3.05, 3.63) is 59.2 Å². The summed E-state index contributed by atoms with van der Waals surface area (Å²) in [4.78, 5) is 48.2. The number of carbonyl (C=O) groups excluding carboxylic acids is 3. The van der Waals surface area contributed by atoms with Gasteiger partial charge in [0.25, 0.3) is 5.91 Å². The molecule has 4 rings (SSSR count). The topological polar surface area (TPSA) is 94.1 Å². The van der Waals surface area contributed by atoms with E-state index in [4.69, 9.17) is 0 Å². The van der Waals surface area contributed by atoms with Crippen LogP contribution in [0.15, 0.2) is 47.5 Å². The largest absolute Gasteiger partial charge is 0.336 e. The fourth-order valence-corrected chi connectivity index (χ4v) is 5.28. The zero-order chi connectivity index (χ0) is 26.0. The Kier molecular flexibility index (Phi) is 7.43. The number of hydrogen-bond donors (Lipinski definition) is 2. The molecule has 8 nitrogen and oxygen atoms in total. The highest BCUT2D eigenvalue weighted by atomic mass is 16.2. The van der Waals surface area contributed by atoms with Gasteiger partial charge < -0.3 is 15.5 Å². The van der Waals surface area contributed by atoms with E-state index in [-0.39, 0.29) is 24.5 Å². The lowest BCUT2D eigenvalue weighted by molar-refractivity contribution is -0.137. The third-order valence-electron chi connectivity index (χ3n) is 7.04. The van der Waals surface area contributed by atoms with Crippen LogP contribution in [0.5, 0.6) is 0 Å². The second-order valence-electron chi connectivity index (χ2n) is 9.91. The third kappa shape index (κ3) is 5.27. The molecule has 0 radical (unpaired) electrons. The molecule has 2 heterocycles. The number of rotatable bonds is 4. The van der Waals surface area contributed by atoms with Gasteiger partial charge >= 0.3 is 6.03 Å². The number of nitrogens with one attached hydrogen (secondary N) is 2. The normalized spacial score (nSPS) is 21.9. The summed E-state index contributed by atoms with van der Waals surface area (Å²) in [5.74, 6) is -0.535. The van der Waals surface area contributed by atoms with Crippen LogP contribution in [0.25, 0.3) is 0 Å². The molecule has 0 bridgehead atoms. The Morgan fingerprint density at radius 3 is 2.42 bits per heavy atom. The fraction of sp³-hybridized carbons (Fsp3) is 0.429. The monoisotopic (exact) mass is 489 g/mol. The van der Waals surface area contributed by atoms with Crippen LogP contribution in [-0.2, 0) is 9.59 Å². The van der Waals surface area contributed by atoms with Crippen molar-refractivity contribution >= 4 is 34.9 Å². The number of hydrogen-bond acceptors (Lipinski definition) is 4. The van der Waals surface area contributed by atoms with Crippen molar-refractivity contribution in [3.8, 4) is 0 Å². The molecule has 0 spiro atoms. The molecule has 190 valence electrons. The zero-order valence-corrected chi connectivity index (χ0v) is 21.7. The average molecular weight is 490 g/mol. The van der Waals surface area contributed by atoms with Crippen molar-refractivity contribution in [2.45, 2.75) is 72.1 Å². The minimum atomic E-state index is -1.16. The van der Waals surface area contributed by atoms with Gasteiger partial charge in [0.05, 0.1) is 5.69 Å². The van der Waals surface area contributed by atoms with E-state index in [1.165, 1.54) is 4.90 Å². The van der Waals surface area contributed by atoms with Gasteiger partial charge in [-0.15, -0.1) is 0 Å². The minimum absolute atomic E-state index is 0.0974. The summed E-state index contributed by atoms with van der Waals surface area (Å²) in [7, 11) is 0. The van der Waals surface area contributed by atoms with E-state index in [9.17, 15) is 14.4 Å². The van der Waals surface area contributed by atoms with Gasteiger partial charge in [0, 0.05) is 29.0 Å². The standard InChI is InChI=1S/C28H35N5O3/c1-17-9-6-13-22(15-17)30-28(36)31-26-27(35)32(16-24(34)33-19(3)11-8-12-20(33)4)25-18(2)10-7-14-23(25)21(5)29-26/h6-7,9-10,13-15,19-20,26H,8,11-12,16H2,1-5H3,(H2,30,31,36)/t19?,20?,26-/m0/s1. The van der Waals surface area contributed by atoms with Crippen molar-refractivity contribution < 1.29 is 14.4 Å². The molecule has 2 aromatic rings. The lowest BCUT2D eigenvalue weighted by Gasteiger charge is -2.40. The molecule has 1 saturated heterocycles. The number of aryl methyl sites for hydroxylation is 2. The van der Waals surface area contributed by atoms with Crippen LogP contribution in [0.4, 0.5) is 16.2 Å². The van der Waals surface area contributed by atoms with Gasteiger partial charge in [-0.05, 0) is 77.1 Å². The number of aliphatic imine (C=N–C) groups is 1. The maximum Gasteiger partial charge on any atom is 0.321 e. The molecule has 2 aliphatic rings. The first-order valence-corrected chi connectivity index (χ1v) is 12.6. The molecule has 36 heavy (non-hydrogen) atoms. The number of amides is 4. The Morgan fingerprint density at radius 2 is 1.72 bits per heavy atom. The van der Waals surface area contributed by atoms with Crippen LogP contribution >= 0.6 is 0 Å². The Bertz CT molecular complexity index is 1200. The summed E-state index contributed by atoms with van der Waals surface area (Å²) >= 11 is 0. The van der Waals surface area contributed by atoms with E-state index in [0.717, 1.165) is 36.0 Å². The molecule has 2 aliphatic heterocycles. The number of fused-ring (bicyclic) bond motifs is 1. The highest BCUT2D eigenvalue weighted by molar-refractivity contribution is 6.14.